The first kappa shape index (κ1) is 19.6. The van der Waals surface area contributed by atoms with Crippen LogP contribution in [-0.2, 0) is 22.7 Å². The molecule has 1 saturated heterocycles. The van der Waals surface area contributed by atoms with Gasteiger partial charge in [-0.15, -0.1) is 11.3 Å². The fraction of sp³-hybridized carbons (Fsp3) is 0.476. The number of thiophene rings is 1. The minimum atomic E-state index is -2.93. The molecule has 1 amide bonds. The lowest BCUT2D eigenvalue weighted by molar-refractivity contribution is 0.0917. The van der Waals surface area contributed by atoms with E-state index in [9.17, 15) is 13.2 Å². The summed E-state index contributed by atoms with van der Waals surface area (Å²) in [5.41, 5.74) is 3.92. The molecule has 2 heterocycles. The number of fused-ring (bicyclic) bond motifs is 3. The summed E-state index contributed by atoms with van der Waals surface area (Å²) >= 11 is 1.60. The van der Waals surface area contributed by atoms with Crippen molar-refractivity contribution >= 4 is 27.1 Å². The lowest BCUT2D eigenvalue weighted by atomic mass is 9.91. The monoisotopic (exact) mass is 418 g/mol. The maximum Gasteiger partial charge on any atom is 0.261 e. The Labute approximate surface area is 170 Å². The number of hydrogen-bond acceptors (Lipinski definition) is 5. The second kappa shape index (κ2) is 7.97. The summed E-state index contributed by atoms with van der Waals surface area (Å²) in [7, 11) is -2.93. The summed E-state index contributed by atoms with van der Waals surface area (Å²) in [5, 5.41) is 3.19. The Morgan fingerprint density at radius 1 is 1.18 bits per heavy atom. The third kappa shape index (κ3) is 4.47. The predicted molar refractivity (Wildman–Crippen MR) is 114 cm³/mol. The Morgan fingerprint density at radius 3 is 2.64 bits per heavy atom. The van der Waals surface area contributed by atoms with Crippen molar-refractivity contribution in [2.45, 2.75) is 31.7 Å². The average molecular weight is 419 g/mol. The molecule has 0 radical (unpaired) electrons. The Morgan fingerprint density at radius 2 is 1.89 bits per heavy atom. The molecule has 7 heteroatoms. The van der Waals surface area contributed by atoms with Gasteiger partial charge in [0.15, 0.2) is 0 Å². The molecule has 0 bridgehead atoms. The molecule has 0 spiro atoms. The van der Waals surface area contributed by atoms with Crippen LogP contribution in [0.25, 0.3) is 10.4 Å². The SMILES string of the molecule is CS(=O)(=O)CCN1CCC(NC(=O)c2cc3c(s2)-c2ccccc2CC3)CC1. The molecule has 28 heavy (non-hydrogen) atoms. The summed E-state index contributed by atoms with van der Waals surface area (Å²) < 4.78 is 22.6. The largest absolute Gasteiger partial charge is 0.349 e. The Balaban J connectivity index is 1.35. The molecule has 1 aromatic carbocycles. The van der Waals surface area contributed by atoms with Gasteiger partial charge in [-0.3, -0.25) is 4.79 Å². The highest BCUT2D eigenvalue weighted by Gasteiger charge is 2.25. The number of carbonyl (C=O) groups excluding carboxylic acids is 1. The van der Waals surface area contributed by atoms with Crippen molar-refractivity contribution in [2.75, 3.05) is 31.6 Å². The number of nitrogens with zero attached hydrogens (tertiary/aromatic N) is 1. The van der Waals surface area contributed by atoms with Crippen molar-refractivity contribution in [2.24, 2.45) is 0 Å². The van der Waals surface area contributed by atoms with Crippen molar-refractivity contribution in [3.63, 3.8) is 0 Å². The van der Waals surface area contributed by atoms with Crippen LogP contribution in [0, 0.1) is 0 Å². The molecule has 1 aliphatic heterocycles. The van der Waals surface area contributed by atoms with E-state index in [-0.39, 0.29) is 17.7 Å². The number of hydrogen-bond donors (Lipinski definition) is 1. The lowest BCUT2D eigenvalue weighted by Crippen LogP contribution is -2.45. The topological polar surface area (TPSA) is 66.5 Å². The molecular weight excluding hydrogens is 392 g/mol. The molecule has 1 fully saturated rings. The molecule has 4 rings (SSSR count). The van der Waals surface area contributed by atoms with Gasteiger partial charge in [0.05, 0.1) is 10.6 Å². The minimum Gasteiger partial charge on any atom is -0.349 e. The normalized spacial score (nSPS) is 17.8. The number of piperidine rings is 1. The average Bonchev–Trinajstić information content (AvgIpc) is 3.12. The van der Waals surface area contributed by atoms with Crippen molar-refractivity contribution in [1.29, 1.82) is 0 Å². The van der Waals surface area contributed by atoms with Crippen molar-refractivity contribution in [3.05, 3.63) is 46.3 Å². The van der Waals surface area contributed by atoms with Crippen LogP contribution in [-0.4, -0.2) is 56.9 Å². The number of amides is 1. The zero-order chi connectivity index (χ0) is 19.7. The number of rotatable bonds is 5. The molecule has 0 unspecified atom stereocenters. The van der Waals surface area contributed by atoms with Gasteiger partial charge in [0.2, 0.25) is 0 Å². The number of sulfone groups is 1. The van der Waals surface area contributed by atoms with Crippen LogP contribution in [0.15, 0.2) is 30.3 Å². The van der Waals surface area contributed by atoms with E-state index in [0.717, 1.165) is 43.6 Å². The highest BCUT2D eigenvalue weighted by molar-refractivity contribution is 7.90. The van der Waals surface area contributed by atoms with Gasteiger partial charge in [0, 0.05) is 36.8 Å². The summed E-state index contributed by atoms with van der Waals surface area (Å²) in [6, 6.07) is 10.7. The van der Waals surface area contributed by atoms with E-state index < -0.39 is 9.84 Å². The van der Waals surface area contributed by atoms with E-state index in [1.807, 2.05) is 0 Å². The van der Waals surface area contributed by atoms with Crippen molar-refractivity contribution < 1.29 is 13.2 Å². The Kier molecular flexibility index (Phi) is 5.58. The van der Waals surface area contributed by atoms with Gasteiger partial charge in [-0.2, -0.15) is 0 Å². The van der Waals surface area contributed by atoms with Gasteiger partial charge in [-0.25, -0.2) is 8.42 Å². The number of aryl methyl sites for hydroxylation is 2. The third-order valence-electron chi connectivity index (χ3n) is 5.66. The van der Waals surface area contributed by atoms with Gasteiger partial charge in [-0.1, -0.05) is 24.3 Å². The highest BCUT2D eigenvalue weighted by atomic mass is 32.2. The summed E-state index contributed by atoms with van der Waals surface area (Å²) in [4.78, 5) is 17.0. The maximum atomic E-state index is 12.8. The van der Waals surface area contributed by atoms with Crippen molar-refractivity contribution in [3.8, 4) is 10.4 Å². The first-order valence-electron chi connectivity index (χ1n) is 9.81. The summed E-state index contributed by atoms with van der Waals surface area (Å²) in [6.07, 6.45) is 5.04. The highest BCUT2D eigenvalue weighted by Crippen LogP contribution is 2.39. The quantitative estimate of drug-likeness (QED) is 0.811. The second-order valence-electron chi connectivity index (χ2n) is 7.84. The smallest absolute Gasteiger partial charge is 0.261 e. The zero-order valence-electron chi connectivity index (χ0n) is 16.1. The molecule has 5 nitrogen and oxygen atoms in total. The molecule has 150 valence electrons. The molecule has 1 N–H and O–H groups in total. The summed E-state index contributed by atoms with van der Waals surface area (Å²) in [6.45, 7) is 2.24. The Hall–Kier alpha value is -1.70. The zero-order valence-corrected chi connectivity index (χ0v) is 17.7. The summed E-state index contributed by atoms with van der Waals surface area (Å²) in [5.74, 6) is 0.221. The van der Waals surface area contributed by atoms with Crippen LogP contribution < -0.4 is 5.32 Å². The predicted octanol–water partition coefficient (Wildman–Crippen LogP) is 2.75. The molecule has 1 aliphatic carbocycles. The fourth-order valence-electron chi connectivity index (χ4n) is 4.04. The van der Waals surface area contributed by atoms with Gasteiger partial charge in [0.1, 0.15) is 9.84 Å². The van der Waals surface area contributed by atoms with E-state index >= 15 is 0 Å². The maximum absolute atomic E-state index is 12.8. The second-order valence-corrected chi connectivity index (χ2v) is 11.2. The first-order chi connectivity index (χ1) is 13.4. The molecule has 0 atom stereocenters. The van der Waals surface area contributed by atoms with Crippen LogP contribution in [0.2, 0.25) is 0 Å². The number of benzene rings is 1. The van der Waals surface area contributed by atoms with E-state index in [0.29, 0.717) is 6.54 Å². The molecular formula is C21H26N2O3S2. The van der Waals surface area contributed by atoms with Gasteiger partial charge in [0.25, 0.3) is 5.91 Å². The van der Waals surface area contributed by atoms with Crippen LogP contribution in [0.5, 0.6) is 0 Å². The molecule has 0 saturated carbocycles. The number of nitrogens with one attached hydrogen (secondary N) is 1. The van der Waals surface area contributed by atoms with E-state index in [4.69, 9.17) is 0 Å². The molecule has 2 aliphatic rings. The Bertz CT molecular complexity index is 973. The number of likely N-dealkylation sites (tertiary alicyclic amines) is 1. The number of carbonyl (C=O) groups is 1. The third-order valence-corrected chi connectivity index (χ3v) is 7.79. The standard InChI is InChI=1S/C21H26N2O3S2/c1-28(25,26)13-12-23-10-8-17(9-11-23)22-21(24)19-14-16-7-6-15-4-2-3-5-18(15)20(16)27-19/h2-5,14,17H,6-13H2,1H3,(H,22,24). The molecule has 2 aromatic rings. The van der Waals surface area contributed by atoms with Gasteiger partial charge in [-0.05, 0) is 48.4 Å². The minimum absolute atomic E-state index is 0.0199. The van der Waals surface area contributed by atoms with Crippen molar-refractivity contribution in [1.82, 2.24) is 10.2 Å². The molecule has 1 aromatic heterocycles. The van der Waals surface area contributed by atoms with E-state index in [2.05, 4.69) is 40.5 Å². The van der Waals surface area contributed by atoms with Crippen LogP contribution in [0.3, 0.4) is 0 Å². The van der Waals surface area contributed by atoms with Crippen LogP contribution in [0.1, 0.15) is 33.6 Å². The lowest BCUT2D eigenvalue weighted by Gasteiger charge is -2.32. The van der Waals surface area contributed by atoms with Crippen LogP contribution >= 0.6 is 11.3 Å². The van der Waals surface area contributed by atoms with E-state index in [1.165, 1.54) is 27.8 Å². The fourth-order valence-corrected chi connectivity index (χ4v) is 5.80. The van der Waals surface area contributed by atoms with Crippen LogP contribution in [0.4, 0.5) is 0 Å². The van der Waals surface area contributed by atoms with E-state index in [1.54, 1.807) is 11.3 Å². The van der Waals surface area contributed by atoms with Gasteiger partial charge >= 0.3 is 0 Å². The first-order valence-corrected chi connectivity index (χ1v) is 12.7. The van der Waals surface area contributed by atoms with Gasteiger partial charge < -0.3 is 10.2 Å².